The summed E-state index contributed by atoms with van der Waals surface area (Å²) >= 11 is 0. The van der Waals surface area contributed by atoms with Crippen LogP contribution >= 0.6 is 0 Å². The zero-order valence-corrected chi connectivity index (χ0v) is 8.83. The Hall–Kier alpha value is -2.67. The lowest BCUT2D eigenvalue weighted by molar-refractivity contribution is -0.385. The summed E-state index contributed by atoms with van der Waals surface area (Å²) in [5.74, 6) is 5.68. The lowest BCUT2D eigenvalue weighted by Crippen LogP contribution is -1.90. The van der Waals surface area contributed by atoms with Crippen LogP contribution in [0.1, 0.15) is 11.3 Å². The van der Waals surface area contributed by atoms with Crippen molar-refractivity contribution in [2.24, 2.45) is 0 Å². The van der Waals surface area contributed by atoms with Gasteiger partial charge in [0.2, 0.25) is 0 Å². The van der Waals surface area contributed by atoms with E-state index in [1.807, 2.05) is 30.3 Å². The number of nitro groups is 1. The van der Waals surface area contributed by atoms with E-state index in [4.69, 9.17) is 0 Å². The molecule has 4 heteroatoms. The molecule has 0 aliphatic carbocycles. The maximum atomic E-state index is 10.6. The first-order chi connectivity index (χ1) is 8.25. The molecule has 82 valence electrons. The molecular formula is C13H8N2O2. The van der Waals surface area contributed by atoms with Crippen LogP contribution in [0.5, 0.6) is 0 Å². The number of hydrogen-bond acceptors (Lipinski definition) is 3. The first kappa shape index (κ1) is 10.8. The molecule has 4 nitrogen and oxygen atoms in total. The van der Waals surface area contributed by atoms with Gasteiger partial charge in [-0.2, -0.15) is 0 Å². The number of rotatable bonds is 1. The Morgan fingerprint density at radius 3 is 2.59 bits per heavy atom. The second kappa shape index (κ2) is 4.90. The molecular weight excluding hydrogens is 216 g/mol. The van der Waals surface area contributed by atoms with Crippen molar-refractivity contribution in [2.75, 3.05) is 0 Å². The van der Waals surface area contributed by atoms with Gasteiger partial charge in [-0.15, -0.1) is 0 Å². The average molecular weight is 224 g/mol. The van der Waals surface area contributed by atoms with E-state index in [0.717, 1.165) is 5.56 Å². The Morgan fingerprint density at radius 1 is 1.12 bits per heavy atom. The van der Waals surface area contributed by atoms with Crippen LogP contribution in [0.25, 0.3) is 0 Å². The Balaban J connectivity index is 2.28. The number of pyridine rings is 1. The molecule has 0 aliphatic rings. The number of hydrogen-bond donors (Lipinski definition) is 0. The smallest absolute Gasteiger partial charge is 0.258 e. The van der Waals surface area contributed by atoms with Crippen LogP contribution < -0.4 is 0 Å². The maximum absolute atomic E-state index is 10.6. The molecule has 0 saturated carbocycles. The first-order valence-electron chi connectivity index (χ1n) is 4.93. The van der Waals surface area contributed by atoms with Crippen molar-refractivity contribution in [3.05, 3.63) is 70.0 Å². The van der Waals surface area contributed by atoms with E-state index in [0.29, 0.717) is 5.69 Å². The SMILES string of the molecule is O=[N+]([O-])c1ccnc(C#Cc2ccccc2)c1. The molecule has 0 atom stereocenters. The summed E-state index contributed by atoms with van der Waals surface area (Å²) in [6.07, 6.45) is 1.38. The minimum Gasteiger partial charge on any atom is -0.258 e. The van der Waals surface area contributed by atoms with Gasteiger partial charge in [-0.05, 0) is 18.1 Å². The summed E-state index contributed by atoms with van der Waals surface area (Å²) in [6.45, 7) is 0. The number of aromatic nitrogens is 1. The van der Waals surface area contributed by atoms with Crippen molar-refractivity contribution in [3.63, 3.8) is 0 Å². The normalized spacial score (nSPS) is 9.18. The van der Waals surface area contributed by atoms with Gasteiger partial charge in [0.25, 0.3) is 5.69 Å². The largest absolute Gasteiger partial charge is 0.273 e. The van der Waals surface area contributed by atoms with Crippen molar-refractivity contribution in [1.82, 2.24) is 4.98 Å². The maximum Gasteiger partial charge on any atom is 0.273 e. The summed E-state index contributed by atoms with van der Waals surface area (Å²) in [5.41, 5.74) is 1.24. The van der Waals surface area contributed by atoms with Crippen molar-refractivity contribution in [3.8, 4) is 11.8 Å². The van der Waals surface area contributed by atoms with E-state index < -0.39 is 4.92 Å². The van der Waals surface area contributed by atoms with Gasteiger partial charge in [0.15, 0.2) is 0 Å². The molecule has 1 aromatic heterocycles. The summed E-state index contributed by atoms with van der Waals surface area (Å²) in [5, 5.41) is 10.6. The monoisotopic (exact) mass is 224 g/mol. The molecule has 0 amide bonds. The second-order valence-corrected chi connectivity index (χ2v) is 3.27. The highest BCUT2D eigenvalue weighted by Gasteiger charge is 2.04. The Bertz CT molecular complexity index is 598. The van der Waals surface area contributed by atoms with Gasteiger partial charge in [0, 0.05) is 17.8 Å². The first-order valence-corrected chi connectivity index (χ1v) is 4.93. The molecule has 0 aliphatic heterocycles. The molecule has 0 unspecified atom stereocenters. The molecule has 17 heavy (non-hydrogen) atoms. The third-order valence-electron chi connectivity index (χ3n) is 2.06. The molecule has 0 saturated heterocycles. The number of benzene rings is 1. The molecule has 1 heterocycles. The van der Waals surface area contributed by atoms with Crippen LogP contribution in [0.15, 0.2) is 48.7 Å². The van der Waals surface area contributed by atoms with Gasteiger partial charge in [0.1, 0.15) is 5.69 Å². The van der Waals surface area contributed by atoms with Gasteiger partial charge in [-0.25, -0.2) is 4.98 Å². The summed E-state index contributed by atoms with van der Waals surface area (Å²) < 4.78 is 0. The second-order valence-electron chi connectivity index (χ2n) is 3.27. The minimum absolute atomic E-state index is 0.00244. The van der Waals surface area contributed by atoms with E-state index in [1.165, 1.54) is 18.3 Å². The Labute approximate surface area is 98.1 Å². The predicted molar refractivity (Wildman–Crippen MR) is 63.3 cm³/mol. The van der Waals surface area contributed by atoms with Gasteiger partial charge in [-0.3, -0.25) is 10.1 Å². The Morgan fingerprint density at radius 2 is 1.88 bits per heavy atom. The Kier molecular flexibility index (Phi) is 3.13. The average Bonchev–Trinajstić information content (AvgIpc) is 2.38. The molecule has 2 aromatic rings. The third kappa shape index (κ3) is 2.89. The highest BCUT2D eigenvalue weighted by molar-refractivity contribution is 5.43. The van der Waals surface area contributed by atoms with Crippen molar-refractivity contribution >= 4 is 5.69 Å². The van der Waals surface area contributed by atoms with Crippen LogP contribution in [-0.2, 0) is 0 Å². The fraction of sp³-hybridized carbons (Fsp3) is 0. The van der Waals surface area contributed by atoms with Gasteiger partial charge in [-0.1, -0.05) is 24.1 Å². The summed E-state index contributed by atoms with van der Waals surface area (Å²) in [6, 6.07) is 12.1. The van der Waals surface area contributed by atoms with Gasteiger partial charge >= 0.3 is 0 Å². The molecule has 0 bridgehead atoms. The predicted octanol–water partition coefficient (Wildman–Crippen LogP) is 2.39. The van der Waals surface area contributed by atoms with E-state index in [-0.39, 0.29) is 5.69 Å². The van der Waals surface area contributed by atoms with Crippen LogP contribution in [-0.4, -0.2) is 9.91 Å². The fourth-order valence-electron chi connectivity index (χ4n) is 1.26. The summed E-state index contributed by atoms with van der Waals surface area (Å²) in [4.78, 5) is 14.1. The topological polar surface area (TPSA) is 56.0 Å². The highest BCUT2D eigenvalue weighted by atomic mass is 16.6. The summed E-state index contributed by atoms with van der Waals surface area (Å²) in [7, 11) is 0. The molecule has 2 rings (SSSR count). The zero-order valence-electron chi connectivity index (χ0n) is 8.83. The van der Waals surface area contributed by atoms with E-state index in [9.17, 15) is 10.1 Å². The molecule has 0 N–H and O–H groups in total. The molecule has 0 radical (unpaired) electrons. The van der Waals surface area contributed by atoms with Gasteiger partial charge < -0.3 is 0 Å². The molecule has 0 spiro atoms. The van der Waals surface area contributed by atoms with Crippen LogP contribution in [0, 0.1) is 22.0 Å². The molecule has 0 fully saturated rings. The standard InChI is InChI=1S/C13H8N2O2/c16-15(17)13-8-9-14-12(10-13)7-6-11-4-2-1-3-5-11/h1-5,8-10H. The van der Waals surface area contributed by atoms with Crippen molar-refractivity contribution in [2.45, 2.75) is 0 Å². The van der Waals surface area contributed by atoms with Crippen molar-refractivity contribution in [1.29, 1.82) is 0 Å². The molecule has 1 aromatic carbocycles. The quantitative estimate of drug-likeness (QED) is 0.424. The zero-order chi connectivity index (χ0) is 12.1. The van der Waals surface area contributed by atoms with Crippen LogP contribution in [0.4, 0.5) is 5.69 Å². The highest BCUT2D eigenvalue weighted by Crippen LogP contribution is 2.09. The third-order valence-corrected chi connectivity index (χ3v) is 2.06. The lowest BCUT2D eigenvalue weighted by atomic mass is 10.2. The lowest BCUT2D eigenvalue weighted by Gasteiger charge is -1.91. The van der Waals surface area contributed by atoms with Crippen LogP contribution in [0.3, 0.4) is 0 Å². The number of nitrogens with zero attached hydrogens (tertiary/aromatic N) is 2. The van der Waals surface area contributed by atoms with E-state index in [1.54, 1.807) is 0 Å². The van der Waals surface area contributed by atoms with Crippen LogP contribution in [0.2, 0.25) is 0 Å². The van der Waals surface area contributed by atoms with Gasteiger partial charge in [0.05, 0.1) is 11.0 Å². The van der Waals surface area contributed by atoms with Crippen molar-refractivity contribution < 1.29 is 4.92 Å². The van der Waals surface area contributed by atoms with E-state index in [2.05, 4.69) is 16.8 Å². The fourth-order valence-corrected chi connectivity index (χ4v) is 1.26. The minimum atomic E-state index is -0.463. The van der Waals surface area contributed by atoms with E-state index >= 15 is 0 Å².